The van der Waals surface area contributed by atoms with Gasteiger partial charge in [0.15, 0.2) is 0 Å². The number of sulfonamides is 1. The number of benzene rings is 1. The number of hydrogen-bond donors (Lipinski definition) is 1. The molecule has 0 spiro atoms. The first-order valence-electron chi connectivity index (χ1n) is 8.12. The van der Waals surface area contributed by atoms with Gasteiger partial charge in [-0.2, -0.15) is 0 Å². The van der Waals surface area contributed by atoms with E-state index in [0.717, 1.165) is 30.4 Å². The third-order valence-corrected chi connectivity index (χ3v) is 5.13. The maximum absolute atomic E-state index is 12.7. The molecule has 0 aliphatic carbocycles. The van der Waals surface area contributed by atoms with Crippen LogP contribution in [0.3, 0.4) is 0 Å². The molecular formula is C18H24N2O3S. The van der Waals surface area contributed by atoms with Crippen molar-refractivity contribution in [2.24, 2.45) is 0 Å². The molecule has 1 heterocycles. The molecule has 2 aromatic rings. The minimum Gasteiger partial charge on any atom is -0.492 e. The number of anilines is 1. The molecule has 5 nitrogen and oxygen atoms in total. The number of unbranched alkanes of at least 4 members (excludes halogenated alkanes) is 2. The van der Waals surface area contributed by atoms with Gasteiger partial charge in [0.1, 0.15) is 16.5 Å². The van der Waals surface area contributed by atoms with E-state index in [-0.39, 0.29) is 10.7 Å². The zero-order valence-electron chi connectivity index (χ0n) is 14.4. The highest BCUT2D eigenvalue weighted by Gasteiger charge is 2.21. The minimum atomic E-state index is -3.76. The Kier molecular flexibility index (Phi) is 6.20. The number of nitrogens with one attached hydrogen (secondary N) is 1. The number of aryl methyl sites for hydroxylation is 2. The normalized spacial score (nSPS) is 11.3. The van der Waals surface area contributed by atoms with Crippen LogP contribution in [-0.2, 0) is 10.0 Å². The van der Waals surface area contributed by atoms with E-state index in [2.05, 4.69) is 16.6 Å². The molecule has 0 aliphatic heterocycles. The van der Waals surface area contributed by atoms with E-state index in [0.29, 0.717) is 12.4 Å². The molecule has 0 bridgehead atoms. The van der Waals surface area contributed by atoms with E-state index in [9.17, 15) is 8.42 Å². The zero-order chi connectivity index (χ0) is 17.6. The SMILES string of the molecule is CCCCCOc1cc(C)c(C)cc1S(=O)(=O)Nc1ccccn1. The van der Waals surface area contributed by atoms with Gasteiger partial charge in [-0.25, -0.2) is 13.4 Å². The average molecular weight is 348 g/mol. The number of aromatic nitrogens is 1. The Balaban J connectivity index is 2.30. The summed E-state index contributed by atoms with van der Waals surface area (Å²) in [5.74, 6) is 0.672. The summed E-state index contributed by atoms with van der Waals surface area (Å²) in [7, 11) is -3.76. The molecule has 6 heteroatoms. The topological polar surface area (TPSA) is 68.3 Å². The van der Waals surface area contributed by atoms with Gasteiger partial charge >= 0.3 is 0 Å². The Morgan fingerprint density at radius 2 is 1.88 bits per heavy atom. The molecule has 0 saturated carbocycles. The van der Waals surface area contributed by atoms with E-state index in [1.54, 1.807) is 36.5 Å². The Labute approximate surface area is 144 Å². The van der Waals surface area contributed by atoms with Crippen molar-refractivity contribution in [2.45, 2.75) is 44.9 Å². The van der Waals surface area contributed by atoms with Crippen molar-refractivity contribution >= 4 is 15.8 Å². The third kappa shape index (κ3) is 4.71. The van der Waals surface area contributed by atoms with Crippen LogP contribution in [0, 0.1) is 13.8 Å². The summed E-state index contributed by atoms with van der Waals surface area (Å²) in [6.45, 7) is 6.44. The second kappa shape index (κ2) is 8.15. The van der Waals surface area contributed by atoms with Crippen molar-refractivity contribution < 1.29 is 13.2 Å². The molecule has 0 atom stereocenters. The van der Waals surface area contributed by atoms with Crippen molar-refractivity contribution in [3.05, 3.63) is 47.7 Å². The fourth-order valence-electron chi connectivity index (χ4n) is 2.24. The standard InChI is InChI=1S/C18H24N2O3S/c1-4-5-8-11-23-16-12-14(2)15(3)13-17(16)24(21,22)20-18-9-6-7-10-19-18/h6-7,9-10,12-13H,4-5,8,11H2,1-3H3,(H,19,20). The maximum atomic E-state index is 12.7. The van der Waals surface area contributed by atoms with Crippen LogP contribution in [0.2, 0.25) is 0 Å². The van der Waals surface area contributed by atoms with Crippen LogP contribution in [-0.4, -0.2) is 20.0 Å². The smallest absolute Gasteiger partial charge is 0.266 e. The largest absolute Gasteiger partial charge is 0.492 e. The highest BCUT2D eigenvalue weighted by atomic mass is 32.2. The molecule has 0 saturated heterocycles. The predicted octanol–water partition coefficient (Wildman–Crippen LogP) is 4.07. The number of hydrogen-bond acceptors (Lipinski definition) is 4. The van der Waals surface area contributed by atoms with Gasteiger partial charge in [0.05, 0.1) is 6.61 Å². The molecule has 0 fully saturated rings. The fourth-order valence-corrected chi connectivity index (χ4v) is 3.46. The summed E-state index contributed by atoms with van der Waals surface area (Å²) in [5, 5.41) is 0. The van der Waals surface area contributed by atoms with Crippen LogP contribution in [0.1, 0.15) is 37.3 Å². The molecule has 130 valence electrons. The second-order valence-corrected chi connectivity index (χ2v) is 7.41. The molecule has 0 aliphatic rings. The summed E-state index contributed by atoms with van der Waals surface area (Å²) in [4.78, 5) is 4.16. The van der Waals surface area contributed by atoms with Gasteiger partial charge in [-0.05, 0) is 55.7 Å². The first-order valence-corrected chi connectivity index (χ1v) is 9.60. The number of pyridine rings is 1. The van der Waals surface area contributed by atoms with Gasteiger partial charge in [0, 0.05) is 6.20 Å². The predicted molar refractivity (Wildman–Crippen MR) is 96.0 cm³/mol. The maximum Gasteiger partial charge on any atom is 0.266 e. The molecule has 0 amide bonds. The molecule has 24 heavy (non-hydrogen) atoms. The van der Waals surface area contributed by atoms with Crippen LogP contribution in [0.25, 0.3) is 0 Å². The number of rotatable bonds is 8. The Hall–Kier alpha value is -2.08. The van der Waals surface area contributed by atoms with E-state index >= 15 is 0 Å². The lowest BCUT2D eigenvalue weighted by Gasteiger charge is -2.15. The lowest BCUT2D eigenvalue weighted by atomic mass is 10.1. The van der Waals surface area contributed by atoms with Crippen LogP contribution in [0.4, 0.5) is 5.82 Å². The van der Waals surface area contributed by atoms with Crippen molar-refractivity contribution in [1.29, 1.82) is 0 Å². The van der Waals surface area contributed by atoms with Gasteiger partial charge < -0.3 is 4.74 Å². The molecule has 2 rings (SSSR count). The first kappa shape index (κ1) is 18.3. The van der Waals surface area contributed by atoms with Gasteiger partial charge in [0.25, 0.3) is 10.0 Å². The Bertz CT molecular complexity index is 774. The van der Waals surface area contributed by atoms with Crippen LogP contribution >= 0.6 is 0 Å². The highest BCUT2D eigenvalue weighted by molar-refractivity contribution is 7.92. The summed E-state index contributed by atoms with van der Waals surface area (Å²) in [6, 6.07) is 8.51. The minimum absolute atomic E-state index is 0.146. The van der Waals surface area contributed by atoms with Crippen molar-refractivity contribution in [3.63, 3.8) is 0 Å². The lowest BCUT2D eigenvalue weighted by Crippen LogP contribution is -2.16. The average Bonchev–Trinajstić information content (AvgIpc) is 2.55. The van der Waals surface area contributed by atoms with Crippen molar-refractivity contribution in [3.8, 4) is 5.75 Å². The number of ether oxygens (including phenoxy) is 1. The molecule has 1 N–H and O–H groups in total. The van der Waals surface area contributed by atoms with Gasteiger partial charge in [0.2, 0.25) is 0 Å². The van der Waals surface area contributed by atoms with Gasteiger partial charge in [-0.3, -0.25) is 4.72 Å². The molecule has 0 radical (unpaired) electrons. The monoisotopic (exact) mass is 348 g/mol. The summed E-state index contributed by atoms with van der Waals surface area (Å²) in [5.41, 5.74) is 1.90. The first-order chi connectivity index (χ1) is 11.4. The molecule has 1 aromatic heterocycles. The summed E-state index contributed by atoms with van der Waals surface area (Å²) < 4.78 is 33.8. The van der Waals surface area contributed by atoms with Gasteiger partial charge in [-0.1, -0.05) is 25.8 Å². The quantitative estimate of drug-likeness (QED) is 0.730. The summed E-state index contributed by atoms with van der Waals surface area (Å²) in [6.07, 6.45) is 4.58. The Morgan fingerprint density at radius 1 is 1.12 bits per heavy atom. The van der Waals surface area contributed by atoms with Gasteiger partial charge in [-0.15, -0.1) is 0 Å². The zero-order valence-corrected chi connectivity index (χ0v) is 15.2. The molecule has 1 aromatic carbocycles. The van der Waals surface area contributed by atoms with Crippen molar-refractivity contribution in [2.75, 3.05) is 11.3 Å². The Morgan fingerprint density at radius 3 is 2.54 bits per heavy atom. The molecular weight excluding hydrogens is 324 g/mol. The van der Waals surface area contributed by atoms with Crippen molar-refractivity contribution in [1.82, 2.24) is 4.98 Å². The van der Waals surface area contributed by atoms with Crippen LogP contribution in [0.15, 0.2) is 41.4 Å². The van der Waals surface area contributed by atoms with E-state index in [4.69, 9.17) is 4.74 Å². The lowest BCUT2D eigenvalue weighted by molar-refractivity contribution is 0.298. The fraction of sp³-hybridized carbons (Fsp3) is 0.389. The number of nitrogens with zero attached hydrogens (tertiary/aromatic N) is 1. The third-order valence-electron chi connectivity index (χ3n) is 3.76. The highest BCUT2D eigenvalue weighted by Crippen LogP contribution is 2.29. The van der Waals surface area contributed by atoms with E-state index < -0.39 is 10.0 Å². The second-order valence-electron chi connectivity index (χ2n) is 5.76. The van der Waals surface area contributed by atoms with Crippen LogP contribution < -0.4 is 9.46 Å². The van der Waals surface area contributed by atoms with Crippen LogP contribution in [0.5, 0.6) is 5.75 Å². The summed E-state index contributed by atoms with van der Waals surface area (Å²) >= 11 is 0. The van der Waals surface area contributed by atoms with E-state index in [1.165, 1.54) is 0 Å². The van der Waals surface area contributed by atoms with E-state index in [1.807, 2.05) is 13.8 Å². The molecule has 0 unspecified atom stereocenters.